The smallest absolute Gasteiger partial charge is 0.410 e. The molecule has 0 unspecified atom stereocenters. The second-order valence-corrected chi connectivity index (χ2v) is 7.89. The molecular formula is C20H32N2O4. The van der Waals surface area contributed by atoms with Gasteiger partial charge in [-0.15, -0.1) is 0 Å². The number of ether oxygens (including phenoxy) is 1. The first-order valence-electron chi connectivity index (χ1n) is 9.34. The van der Waals surface area contributed by atoms with E-state index in [4.69, 9.17) is 4.74 Å². The number of hydrogen-bond acceptors (Lipinski definition) is 5. The van der Waals surface area contributed by atoms with Crippen LogP contribution in [-0.4, -0.2) is 64.4 Å². The van der Waals surface area contributed by atoms with E-state index in [0.29, 0.717) is 13.1 Å². The maximum absolute atomic E-state index is 12.1. The highest BCUT2D eigenvalue weighted by molar-refractivity contribution is 5.68. The monoisotopic (exact) mass is 364 g/mol. The molecule has 1 aromatic carbocycles. The van der Waals surface area contributed by atoms with Gasteiger partial charge in [-0.05, 0) is 56.8 Å². The van der Waals surface area contributed by atoms with Crippen molar-refractivity contribution in [3.8, 4) is 0 Å². The second-order valence-electron chi connectivity index (χ2n) is 7.89. The third-order valence-corrected chi connectivity index (χ3v) is 4.44. The van der Waals surface area contributed by atoms with Gasteiger partial charge >= 0.3 is 6.09 Å². The van der Waals surface area contributed by atoms with Gasteiger partial charge in [-0.3, -0.25) is 4.90 Å². The van der Waals surface area contributed by atoms with Crippen molar-refractivity contribution in [2.75, 3.05) is 32.7 Å². The van der Waals surface area contributed by atoms with E-state index in [1.807, 2.05) is 39.0 Å². The Morgan fingerprint density at radius 3 is 2.04 bits per heavy atom. The summed E-state index contributed by atoms with van der Waals surface area (Å²) in [7, 11) is 0. The highest BCUT2D eigenvalue weighted by atomic mass is 16.6. The highest BCUT2D eigenvalue weighted by Gasteiger charge is 2.25. The third kappa shape index (κ3) is 6.59. The van der Waals surface area contributed by atoms with E-state index < -0.39 is 5.60 Å². The molecule has 2 rings (SSSR count). The van der Waals surface area contributed by atoms with Crippen LogP contribution in [0.5, 0.6) is 0 Å². The Balaban J connectivity index is 1.74. The lowest BCUT2D eigenvalue weighted by atomic mass is 10.0. The average molecular weight is 364 g/mol. The van der Waals surface area contributed by atoms with Crippen LogP contribution in [0.4, 0.5) is 4.79 Å². The molecule has 26 heavy (non-hydrogen) atoms. The van der Waals surface area contributed by atoms with Crippen LogP contribution in [0.2, 0.25) is 0 Å². The van der Waals surface area contributed by atoms with E-state index in [0.717, 1.165) is 49.2 Å². The first-order chi connectivity index (χ1) is 12.3. The van der Waals surface area contributed by atoms with Crippen molar-refractivity contribution in [3.63, 3.8) is 0 Å². The molecule has 1 saturated heterocycles. The molecule has 1 heterocycles. The van der Waals surface area contributed by atoms with Crippen molar-refractivity contribution in [3.05, 3.63) is 34.9 Å². The fraction of sp³-hybridized carbons (Fsp3) is 0.650. The molecule has 0 aromatic heterocycles. The number of nitrogens with zero attached hydrogens (tertiary/aromatic N) is 2. The molecule has 0 saturated carbocycles. The third-order valence-electron chi connectivity index (χ3n) is 4.44. The van der Waals surface area contributed by atoms with Crippen LogP contribution in [0.15, 0.2) is 18.2 Å². The minimum Gasteiger partial charge on any atom is -0.444 e. The first kappa shape index (κ1) is 20.7. The number of aliphatic hydroxyl groups excluding tert-OH is 2. The fourth-order valence-corrected chi connectivity index (χ4v) is 3.15. The zero-order valence-electron chi connectivity index (χ0n) is 16.2. The van der Waals surface area contributed by atoms with Crippen molar-refractivity contribution in [1.29, 1.82) is 0 Å². The molecule has 1 aliphatic heterocycles. The van der Waals surface area contributed by atoms with E-state index in [2.05, 4.69) is 4.90 Å². The van der Waals surface area contributed by atoms with Crippen molar-refractivity contribution >= 4 is 6.09 Å². The van der Waals surface area contributed by atoms with Gasteiger partial charge in [0.25, 0.3) is 0 Å². The number of carbonyl (C=O) groups is 1. The number of piperazine rings is 1. The van der Waals surface area contributed by atoms with E-state index in [-0.39, 0.29) is 19.3 Å². The van der Waals surface area contributed by atoms with Crippen LogP contribution in [0.3, 0.4) is 0 Å². The summed E-state index contributed by atoms with van der Waals surface area (Å²) < 4.78 is 5.42. The molecule has 1 aromatic rings. The molecule has 0 radical (unpaired) electrons. The number of aliphatic hydroxyl groups is 2. The Hall–Kier alpha value is -1.63. The minimum atomic E-state index is -0.454. The quantitative estimate of drug-likeness (QED) is 0.809. The molecule has 0 atom stereocenters. The average Bonchev–Trinajstić information content (AvgIpc) is 2.60. The number of aryl methyl sites for hydroxylation is 1. The van der Waals surface area contributed by atoms with Gasteiger partial charge in [0.2, 0.25) is 0 Å². The molecule has 0 spiro atoms. The summed E-state index contributed by atoms with van der Waals surface area (Å²) in [5, 5.41) is 18.6. The summed E-state index contributed by atoms with van der Waals surface area (Å²) in [6.07, 6.45) is 1.69. The standard InChI is InChI=1S/C20H32N2O4/c1-20(2,3)26-19(25)22-9-7-21(8-10-22)6-4-5-16-11-17(14-23)13-18(12-16)15-24/h11-13,23-24H,4-10,14-15H2,1-3H3. The van der Waals surface area contributed by atoms with Gasteiger partial charge in [0.05, 0.1) is 13.2 Å². The van der Waals surface area contributed by atoms with Crippen molar-refractivity contribution in [2.45, 2.75) is 52.4 Å². The molecule has 6 nitrogen and oxygen atoms in total. The van der Waals surface area contributed by atoms with E-state index in [9.17, 15) is 15.0 Å². The number of benzene rings is 1. The largest absolute Gasteiger partial charge is 0.444 e. The normalized spacial score (nSPS) is 16.0. The van der Waals surface area contributed by atoms with Crippen LogP contribution in [0, 0.1) is 0 Å². The molecule has 1 fully saturated rings. The number of carbonyl (C=O) groups excluding carboxylic acids is 1. The lowest BCUT2D eigenvalue weighted by Crippen LogP contribution is -2.50. The molecule has 1 aliphatic rings. The van der Waals surface area contributed by atoms with Crippen LogP contribution in [0.25, 0.3) is 0 Å². The summed E-state index contributed by atoms with van der Waals surface area (Å²) in [4.78, 5) is 16.2. The van der Waals surface area contributed by atoms with Gasteiger partial charge in [-0.2, -0.15) is 0 Å². The molecule has 146 valence electrons. The molecular weight excluding hydrogens is 332 g/mol. The Kier molecular flexibility index (Phi) is 7.43. The molecule has 2 N–H and O–H groups in total. The van der Waals surface area contributed by atoms with Crippen LogP contribution in [0.1, 0.15) is 43.9 Å². The fourth-order valence-electron chi connectivity index (χ4n) is 3.15. The Morgan fingerprint density at radius 2 is 1.54 bits per heavy atom. The molecule has 6 heteroatoms. The summed E-state index contributed by atoms with van der Waals surface area (Å²) in [5.41, 5.74) is 2.38. The summed E-state index contributed by atoms with van der Waals surface area (Å²) in [6.45, 7) is 9.73. The van der Waals surface area contributed by atoms with Crippen LogP contribution in [-0.2, 0) is 24.4 Å². The van der Waals surface area contributed by atoms with Crippen molar-refractivity contribution in [1.82, 2.24) is 9.80 Å². The van der Waals surface area contributed by atoms with Crippen LogP contribution >= 0.6 is 0 Å². The highest BCUT2D eigenvalue weighted by Crippen LogP contribution is 2.15. The molecule has 0 aliphatic carbocycles. The van der Waals surface area contributed by atoms with Gasteiger partial charge in [-0.25, -0.2) is 4.79 Å². The molecule has 1 amide bonds. The van der Waals surface area contributed by atoms with E-state index >= 15 is 0 Å². The predicted molar refractivity (Wildman–Crippen MR) is 101 cm³/mol. The maximum atomic E-state index is 12.1. The minimum absolute atomic E-state index is 0.00648. The maximum Gasteiger partial charge on any atom is 0.410 e. The lowest BCUT2D eigenvalue weighted by Gasteiger charge is -2.35. The summed E-state index contributed by atoms with van der Waals surface area (Å²) >= 11 is 0. The van der Waals surface area contributed by atoms with Crippen molar-refractivity contribution in [2.24, 2.45) is 0 Å². The topological polar surface area (TPSA) is 73.2 Å². The number of amides is 1. The second kappa shape index (κ2) is 9.35. The molecule has 0 bridgehead atoms. The van der Waals surface area contributed by atoms with Crippen LogP contribution < -0.4 is 0 Å². The van der Waals surface area contributed by atoms with Gasteiger partial charge in [-0.1, -0.05) is 18.2 Å². The van der Waals surface area contributed by atoms with Gasteiger partial charge in [0, 0.05) is 26.2 Å². The predicted octanol–water partition coefficient (Wildman–Crippen LogP) is 2.16. The first-order valence-corrected chi connectivity index (χ1v) is 9.34. The van der Waals surface area contributed by atoms with Crippen molar-refractivity contribution < 1.29 is 19.7 Å². The number of hydrogen-bond donors (Lipinski definition) is 2. The van der Waals surface area contributed by atoms with Gasteiger partial charge in [0.15, 0.2) is 0 Å². The summed E-state index contributed by atoms with van der Waals surface area (Å²) in [6, 6.07) is 5.83. The number of rotatable bonds is 6. The van der Waals surface area contributed by atoms with Gasteiger partial charge < -0.3 is 19.8 Å². The SMILES string of the molecule is CC(C)(C)OC(=O)N1CCN(CCCc2cc(CO)cc(CO)c2)CC1. The van der Waals surface area contributed by atoms with E-state index in [1.165, 1.54) is 0 Å². The zero-order valence-corrected chi connectivity index (χ0v) is 16.2. The Bertz CT molecular complexity index is 568. The van der Waals surface area contributed by atoms with E-state index in [1.54, 1.807) is 4.90 Å². The lowest BCUT2D eigenvalue weighted by molar-refractivity contribution is 0.0144. The Labute approximate surface area is 156 Å². The van der Waals surface area contributed by atoms with Gasteiger partial charge in [0.1, 0.15) is 5.60 Å². The Morgan fingerprint density at radius 1 is 1.00 bits per heavy atom. The summed E-state index contributed by atoms with van der Waals surface area (Å²) in [5.74, 6) is 0. The zero-order chi connectivity index (χ0) is 19.2.